The number of allylic oxidation sites excluding steroid dienone is 8. The average molecular weight is 373 g/mol. The van der Waals surface area contributed by atoms with Crippen LogP contribution in [0, 0.1) is 11.8 Å². The highest BCUT2D eigenvalue weighted by Crippen LogP contribution is 2.28. The minimum absolute atomic E-state index is 0.157. The Kier molecular flexibility index (Phi) is 13.9. The lowest BCUT2D eigenvalue weighted by Crippen LogP contribution is -2.21. The first-order chi connectivity index (χ1) is 12.7. The van der Waals surface area contributed by atoms with E-state index in [0.717, 1.165) is 44.9 Å². The van der Waals surface area contributed by atoms with Gasteiger partial charge in [-0.15, -0.1) is 0 Å². The number of ketones is 1. The Morgan fingerprint density at radius 2 is 1.41 bits per heavy atom. The van der Waals surface area contributed by atoms with Crippen molar-refractivity contribution in [3.05, 3.63) is 46.6 Å². The third-order valence-corrected chi connectivity index (χ3v) is 5.30. The van der Waals surface area contributed by atoms with Crippen molar-refractivity contribution in [1.29, 1.82) is 0 Å². The lowest BCUT2D eigenvalue weighted by atomic mass is 9.80. The molecule has 0 amide bonds. The van der Waals surface area contributed by atoms with Gasteiger partial charge in [0.05, 0.1) is 0 Å². The molecule has 0 aliphatic rings. The van der Waals surface area contributed by atoms with Gasteiger partial charge in [-0.05, 0) is 92.9 Å². The maximum atomic E-state index is 12.2. The summed E-state index contributed by atoms with van der Waals surface area (Å²) >= 11 is 0. The maximum absolute atomic E-state index is 12.2. The molecule has 0 aromatic rings. The van der Waals surface area contributed by atoms with Crippen LogP contribution in [0.15, 0.2) is 46.6 Å². The average Bonchev–Trinajstić information content (AvgIpc) is 2.58. The zero-order chi connectivity index (χ0) is 20.8. The predicted octanol–water partition coefficient (Wildman–Crippen LogP) is 8.38. The summed E-state index contributed by atoms with van der Waals surface area (Å²) < 4.78 is 0. The molecule has 0 aliphatic heterocycles. The second-order valence-corrected chi connectivity index (χ2v) is 8.43. The van der Waals surface area contributed by atoms with Gasteiger partial charge in [0, 0.05) is 5.92 Å². The number of Topliss-reactive ketones (excluding diaryl/α,β-unsaturated/α-hetero) is 1. The summed E-state index contributed by atoms with van der Waals surface area (Å²) in [5.74, 6) is 0.830. The zero-order valence-electron chi connectivity index (χ0n) is 19.3. The van der Waals surface area contributed by atoms with E-state index in [9.17, 15) is 4.79 Å². The molecule has 2 unspecified atom stereocenters. The molecule has 0 N–H and O–H groups in total. The fraction of sp³-hybridized carbons (Fsp3) is 0.654. The van der Waals surface area contributed by atoms with Gasteiger partial charge >= 0.3 is 0 Å². The van der Waals surface area contributed by atoms with Gasteiger partial charge in [-0.1, -0.05) is 59.9 Å². The van der Waals surface area contributed by atoms with E-state index in [1.807, 2.05) is 0 Å². The second-order valence-electron chi connectivity index (χ2n) is 8.43. The lowest BCUT2D eigenvalue weighted by Gasteiger charge is -2.23. The summed E-state index contributed by atoms with van der Waals surface area (Å²) in [5, 5.41) is 0. The fourth-order valence-electron chi connectivity index (χ4n) is 3.57. The smallest absolute Gasteiger partial charge is 0.133 e. The molecule has 154 valence electrons. The van der Waals surface area contributed by atoms with Crippen LogP contribution in [0.5, 0.6) is 0 Å². The highest BCUT2D eigenvalue weighted by molar-refractivity contribution is 5.78. The number of carbonyl (C=O) groups is 1. The first-order valence-corrected chi connectivity index (χ1v) is 10.8. The Balaban J connectivity index is 4.78. The maximum Gasteiger partial charge on any atom is 0.133 e. The molecule has 0 aromatic heterocycles. The van der Waals surface area contributed by atoms with Gasteiger partial charge < -0.3 is 0 Å². The topological polar surface area (TPSA) is 17.1 Å². The van der Waals surface area contributed by atoms with Crippen LogP contribution in [-0.4, -0.2) is 5.78 Å². The summed E-state index contributed by atoms with van der Waals surface area (Å²) in [6.45, 7) is 17.0. The van der Waals surface area contributed by atoms with Crippen LogP contribution in [0.3, 0.4) is 0 Å². The highest BCUT2D eigenvalue weighted by atomic mass is 16.1. The molecule has 0 aromatic carbocycles. The molecule has 27 heavy (non-hydrogen) atoms. The predicted molar refractivity (Wildman–Crippen MR) is 122 cm³/mol. The van der Waals surface area contributed by atoms with Crippen molar-refractivity contribution in [2.75, 3.05) is 0 Å². The van der Waals surface area contributed by atoms with Crippen molar-refractivity contribution in [2.45, 2.75) is 100 Å². The van der Waals surface area contributed by atoms with Crippen molar-refractivity contribution in [3.63, 3.8) is 0 Å². The van der Waals surface area contributed by atoms with E-state index in [1.165, 1.54) is 22.3 Å². The standard InChI is InChI=1S/C26H44O/c1-9-13-26(24(8)27)25(18-20(3)4)19-23(7)17-12-16-22(6)15-11-14-21(5)10-2/h10,15,17-18,25-26H,9,11-14,16,19H2,1-8H3/b21-10+,22-15+,23-17+. The van der Waals surface area contributed by atoms with Gasteiger partial charge in [0.2, 0.25) is 0 Å². The number of hydrogen-bond acceptors (Lipinski definition) is 1. The molecule has 0 radical (unpaired) electrons. The van der Waals surface area contributed by atoms with Gasteiger partial charge in [0.1, 0.15) is 5.78 Å². The molecule has 1 heteroatoms. The SMILES string of the molecule is C/C=C(\C)CC/C=C(\C)CC/C=C(\C)CC(C=C(C)C)C(CCC)C(C)=O. The summed E-state index contributed by atoms with van der Waals surface area (Å²) in [6, 6.07) is 0. The van der Waals surface area contributed by atoms with Gasteiger partial charge in [-0.2, -0.15) is 0 Å². The Morgan fingerprint density at radius 1 is 0.852 bits per heavy atom. The molecule has 0 heterocycles. The molecule has 0 aliphatic carbocycles. The Labute approximate surface area is 169 Å². The van der Waals surface area contributed by atoms with E-state index in [4.69, 9.17) is 0 Å². The van der Waals surface area contributed by atoms with E-state index in [-0.39, 0.29) is 5.92 Å². The van der Waals surface area contributed by atoms with Gasteiger partial charge in [0.15, 0.2) is 0 Å². The van der Waals surface area contributed by atoms with E-state index in [1.54, 1.807) is 6.92 Å². The third-order valence-electron chi connectivity index (χ3n) is 5.30. The molecule has 0 saturated carbocycles. The molecule has 1 nitrogen and oxygen atoms in total. The molecular weight excluding hydrogens is 328 g/mol. The largest absolute Gasteiger partial charge is 0.300 e. The van der Waals surface area contributed by atoms with Crippen molar-refractivity contribution in [3.8, 4) is 0 Å². The summed E-state index contributed by atoms with van der Waals surface area (Å²) in [5.41, 5.74) is 5.67. The van der Waals surface area contributed by atoms with Crippen molar-refractivity contribution in [1.82, 2.24) is 0 Å². The quantitative estimate of drug-likeness (QED) is 0.297. The van der Waals surface area contributed by atoms with Gasteiger partial charge in [0.25, 0.3) is 0 Å². The molecule has 2 atom stereocenters. The molecule has 0 bridgehead atoms. The van der Waals surface area contributed by atoms with E-state index < -0.39 is 0 Å². The highest BCUT2D eigenvalue weighted by Gasteiger charge is 2.23. The zero-order valence-corrected chi connectivity index (χ0v) is 19.3. The molecule has 0 rings (SSSR count). The monoisotopic (exact) mass is 372 g/mol. The van der Waals surface area contributed by atoms with Crippen LogP contribution >= 0.6 is 0 Å². The summed E-state index contributed by atoms with van der Waals surface area (Å²) in [4.78, 5) is 12.2. The summed E-state index contributed by atoms with van der Waals surface area (Å²) in [6.07, 6.45) is 16.9. The van der Waals surface area contributed by atoms with Crippen LogP contribution < -0.4 is 0 Å². The summed E-state index contributed by atoms with van der Waals surface area (Å²) in [7, 11) is 0. The number of hydrogen-bond donors (Lipinski definition) is 0. The fourth-order valence-corrected chi connectivity index (χ4v) is 3.57. The third kappa shape index (κ3) is 12.6. The number of rotatable bonds is 13. The van der Waals surface area contributed by atoms with Gasteiger partial charge in [-0.3, -0.25) is 4.79 Å². The first kappa shape index (κ1) is 25.6. The first-order valence-electron chi connectivity index (χ1n) is 10.8. The van der Waals surface area contributed by atoms with Crippen LogP contribution in [0.25, 0.3) is 0 Å². The Bertz CT molecular complexity index is 553. The van der Waals surface area contributed by atoms with Gasteiger partial charge in [-0.25, -0.2) is 0 Å². The molecule has 0 saturated heterocycles. The minimum Gasteiger partial charge on any atom is -0.300 e. The lowest BCUT2D eigenvalue weighted by molar-refractivity contribution is -0.122. The Hall–Kier alpha value is -1.37. The minimum atomic E-state index is 0.157. The van der Waals surface area contributed by atoms with E-state index >= 15 is 0 Å². The van der Waals surface area contributed by atoms with Crippen LogP contribution in [-0.2, 0) is 4.79 Å². The van der Waals surface area contributed by atoms with Crippen molar-refractivity contribution < 1.29 is 4.79 Å². The van der Waals surface area contributed by atoms with E-state index in [2.05, 4.69) is 72.8 Å². The Morgan fingerprint density at radius 3 is 1.89 bits per heavy atom. The van der Waals surface area contributed by atoms with Crippen LogP contribution in [0.2, 0.25) is 0 Å². The molecule has 0 fully saturated rings. The van der Waals surface area contributed by atoms with Crippen molar-refractivity contribution >= 4 is 5.78 Å². The van der Waals surface area contributed by atoms with Crippen LogP contribution in [0.1, 0.15) is 100 Å². The van der Waals surface area contributed by atoms with Crippen LogP contribution in [0.4, 0.5) is 0 Å². The molecular formula is C26H44O. The van der Waals surface area contributed by atoms with E-state index in [0.29, 0.717) is 11.7 Å². The number of carbonyl (C=O) groups excluding carboxylic acids is 1. The molecule has 0 spiro atoms. The second kappa shape index (κ2) is 14.7. The van der Waals surface area contributed by atoms with Crippen molar-refractivity contribution in [2.24, 2.45) is 11.8 Å². The normalized spacial score (nSPS) is 15.5.